The molecule has 0 spiro atoms. The summed E-state index contributed by atoms with van der Waals surface area (Å²) in [5.74, 6) is 2.83. The van der Waals surface area contributed by atoms with Gasteiger partial charge in [0.15, 0.2) is 0 Å². The van der Waals surface area contributed by atoms with Gasteiger partial charge < -0.3 is 4.74 Å². The normalized spacial score (nSPS) is 15.1. The van der Waals surface area contributed by atoms with Crippen molar-refractivity contribution in [3.8, 4) is 0 Å². The van der Waals surface area contributed by atoms with E-state index in [0.29, 0.717) is 6.61 Å². The Morgan fingerprint density at radius 2 is 2.50 bits per heavy atom. The largest absolute Gasteiger partial charge is 0.379 e. The SMILES string of the molecule is COCC1=C=NC=CC=C1. The Kier molecular flexibility index (Phi) is 2.68. The highest BCUT2D eigenvalue weighted by Gasteiger charge is 1.88. The molecule has 2 heteroatoms. The van der Waals surface area contributed by atoms with Crippen LogP contribution in [0.5, 0.6) is 0 Å². The highest BCUT2D eigenvalue weighted by molar-refractivity contribution is 5.63. The molecule has 0 radical (unpaired) electrons. The quantitative estimate of drug-likeness (QED) is 0.559. The van der Waals surface area contributed by atoms with Crippen LogP contribution in [0.25, 0.3) is 0 Å². The van der Waals surface area contributed by atoms with Gasteiger partial charge in [0.1, 0.15) is 0 Å². The molecule has 0 aromatic carbocycles. The number of ether oxygens (including phenoxy) is 1. The van der Waals surface area contributed by atoms with Crippen LogP contribution in [-0.2, 0) is 4.74 Å². The average molecular weight is 135 g/mol. The third-order valence-corrected chi connectivity index (χ3v) is 1.08. The molecule has 0 aliphatic carbocycles. The Morgan fingerprint density at radius 3 is 3.30 bits per heavy atom. The van der Waals surface area contributed by atoms with Crippen LogP contribution in [0.3, 0.4) is 0 Å². The van der Waals surface area contributed by atoms with Gasteiger partial charge in [-0.2, -0.15) is 0 Å². The fourth-order valence-electron chi connectivity index (χ4n) is 0.658. The lowest BCUT2D eigenvalue weighted by Gasteiger charge is -1.92. The van der Waals surface area contributed by atoms with Gasteiger partial charge in [-0.15, -0.1) is 0 Å². The van der Waals surface area contributed by atoms with E-state index in [-0.39, 0.29) is 0 Å². The summed E-state index contributed by atoms with van der Waals surface area (Å²) >= 11 is 0. The second-order valence-corrected chi connectivity index (χ2v) is 1.90. The molecule has 0 amide bonds. The first-order valence-corrected chi connectivity index (χ1v) is 3.07. The van der Waals surface area contributed by atoms with Crippen LogP contribution in [0.15, 0.2) is 35.0 Å². The number of aliphatic imine (C=N–C) groups is 1. The topological polar surface area (TPSA) is 21.6 Å². The zero-order valence-corrected chi connectivity index (χ0v) is 5.87. The molecule has 0 aromatic heterocycles. The lowest BCUT2D eigenvalue weighted by molar-refractivity contribution is 0.229. The van der Waals surface area contributed by atoms with Gasteiger partial charge in [0.2, 0.25) is 0 Å². The molecule has 1 aliphatic heterocycles. The molecule has 0 bridgehead atoms. The first-order chi connectivity index (χ1) is 4.93. The number of methoxy groups -OCH3 is 1. The van der Waals surface area contributed by atoms with E-state index in [1.165, 1.54) is 0 Å². The Labute approximate surface area is 60.2 Å². The van der Waals surface area contributed by atoms with Crippen molar-refractivity contribution in [1.29, 1.82) is 0 Å². The summed E-state index contributed by atoms with van der Waals surface area (Å²) in [7, 11) is 1.65. The molecule has 0 saturated heterocycles. The molecule has 1 rings (SSSR count). The van der Waals surface area contributed by atoms with Crippen LogP contribution in [-0.4, -0.2) is 19.6 Å². The zero-order chi connectivity index (χ0) is 7.23. The van der Waals surface area contributed by atoms with Gasteiger partial charge in [-0.05, 0) is 18.0 Å². The summed E-state index contributed by atoms with van der Waals surface area (Å²) in [6.45, 7) is 0.571. The van der Waals surface area contributed by atoms with E-state index in [1.807, 2.05) is 18.2 Å². The lowest BCUT2D eigenvalue weighted by Crippen LogP contribution is -1.90. The smallest absolute Gasteiger partial charge is 0.0800 e. The minimum absolute atomic E-state index is 0.571. The highest BCUT2D eigenvalue weighted by atomic mass is 16.5. The Balaban J connectivity index is 2.67. The van der Waals surface area contributed by atoms with Crippen molar-refractivity contribution >= 4 is 5.87 Å². The van der Waals surface area contributed by atoms with Gasteiger partial charge in [-0.25, -0.2) is 4.99 Å². The van der Waals surface area contributed by atoms with E-state index in [4.69, 9.17) is 4.74 Å². The summed E-state index contributed by atoms with van der Waals surface area (Å²) in [6, 6.07) is 0. The van der Waals surface area contributed by atoms with Crippen molar-refractivity contribution in [2.24, 2.45) is 4.99 Å². The summed E-state index contributed by atoms with van der Waals surface area (Å²) in [5.41, 5.74) is 0.965. The second-order valence-electron chi connectivity index (χ2n) is 1.90. The molecule has 2 nitrogen and oxygen atoms in total. The number of allylic oxidation sites excluding steroid dienone is 2. The van der Waals surface area contributed by atoms with Crippen LogP contribution >= 0.6 is 0 Å². The average Bonchev–Trinajstić information content (AvgIpc) is 2.17. The van der Waals surface area contributed by atoms with Crippen LogP contribution in [0.4, 0.5) is 0 Å². The van der Waals surface area contributed by atoms with Crippen molar-refractivity contribution in [3.05, 3.63) is 30.0 Å². The maximum absolute atomic E-state index is 4.90. The maximum atomic E-state index is 4.90. The number of hydrogen-bond acceptors (Lipinski definition) is 2. The predicted octanol–water partition coefficient (Wildman–Crippen LogP) is 1.31. The van der Waals surface area contributed by atoms with Crippen LogP contribution in [0.1, 0.15) is 0 Å². The van der Waals surface area contributed by atoms with Crippen molar-refractivity contribution in [2.45, 2.75) is 0 Å². The van der Waals surface area contributed by atoms with Crippen molar-refractivity contribution in [1.82, 2.24) is 0 Å². The molecule has 0 aromatic rings. The second kappa shape index (κ2) is 3.83. The number of nitrogens with zero attached hydrogens (tertiary/aromatic N) is 1. The molecule has 1 aliphatic rings. The molecular weight excluding hydrogens is 126 g/mol. The minimum Gasteiger partial charge on any atom is -0.379 e. The molecule has 0 fully saturated rings. The zero-order valence-electron chi connectivity index (χ0n) is 5.87. The standard InChI is InChI=1S/C8H9NO/c1-10-7-8-4-2-3-5-9-6-8/h2-5H,7H2,1H3. The monoisotopic (exact) mass is 135 g/mol. The summed E-state index contributed by atoms with van der Waals surface area (Å²) in [6.07, 6.45) is 7.39. The molecule has 0 atom stereocenters. The Bertz CT molecular complexity index is 219. The van der Waals surface area contributed by atoms with E-state index in [9.17, 15) is 0 Å². The van der Waals surface area contributed by atoms with Gasteiger partial charge in [-0.3, -0.25) is 0 Å². The van der Waals surface area contributed by atoms with Crippen LogP contribution in [0.2, 0.25) is 0 Å². The highest BCUT2D eigenvalue weighted by Crippen LogP contribution is 1.95. The molecular formula is C8H9NO. The van der Waals surface area contributed by atoms with Crippen LogP contribution in [0, 0.1) is 0 Å². The first kappa shape index (κ1) is 7.00. The van der Waals surface area contributed by atoms with Gasteiger partial charge in [0, 0.05) is 18.9 Å². The van der Waals surface area contributed by atoms with Crippen molar-refractivity contribution in [3.63, 3.8) is 0 Å². The van der Waals surface area contributed by atoms with E-state index in [0.717, 1.165) is 5.57 Å². The maximum Gasteiger partial charge on any atom is 0.0800 e. The Morgan fingerprint density at radius 1 is 1.60 bits per heavy atom. The van der Waals surface area contributed by atoms with Gasteiger partial charge in [0.25, 0.3) is 0 Å². The lowest BCUT2D eigenvalue weighted by atomic mass is 10.3. The fraction of sp³-hybridized carbons (Fsp3) is 0.250. The number of rotatable bonds is 2. The van der Waals surface area contributed by atoms with E-state index in [2.05, 4.69) is 10.9 Å². The summed E-state index contributed by atoms with van der Waals surface area (Å²) in [5, 5.41) is 0. The van der Waals surface area contributed by atoms with Gasteiger partial charge in [0.05, 0.1) is 6.61 Å². The van der Waals surface area contributed by atoms with Gasteiger partial charge >= 0.3 is 0 Å². The van der Waals surface area contributed by atoms with E-state index >= 15 is 0 Å². The third-order valence-electron chi connectivity index (χ3n) is 1.08. The van der Waals surface area contributed by atoms with Gasteiger partial charge in [-0.1, -0.05) is 6.08 Å². The summed E-state index contributed by atoms with van der Waals surface area (Å²) < 4.78 is 4.90. The van der Waals surface area contributed by atoms with E-state index in [1.54, 1.807) is 13.3 Å². The van der Waals surface area contributed by atoms with Crippen LogP contribution < -0.4 is 0 Å². The Hall–Kier alpha value is -1.11. The fourth-order valence-corrected chi connectivity index (χ4v) is 0.658. The molecule has 1 heterocycles. The summed E-state index contributed by atoms with van der Waals surface area (Å²) in [4.78, 5) is 3.86. The molecule has 0 saturated carbocycles. The minimum atomic E-state index is 0.571. The first-order valence-electron chi connectivity index (χ1n) is 3.07. The van der Waals surface area contributed by atoms with Crippen molar-refractivity contribution < 1.29 is 4.74 Å². The molecule has 10 heavy (non-hydrogen) atoms. The molecule has 0 N–H and O–H groups in total. The van der Waals surface area contributed by atoms with E-state index < -0.39 is 0 Å². The number of hydrogen-bond donors (Lipinski definition) is 0. The predicted molar refractivity (Wildman–Crippen MR) is 41.1 cm³/mol. The molecule has 0 unspecified atom stereocenters. The van der Waals surface area contributed by atoms with Crippen molar-refractivity contribution in [2.75, 3.05) is 13.7 Å². The third kappa shape index (κ3) is 2.02. The molecule has 52 valence electrons.